The number of amides is 1. The number of aromatic nitrogens is 2. The molecule has 0 saturated heterocycles. The van der Waals surface area contributed by atoms with Crippen molar-refractivity contribution in [1.82, 2.24) is 9.38 Å². The Morgan fingerprint density at radius 1 is 1.33 bits per heavy atom. The molecule has 8 heteroatoms. The number of carbonyl (C=O) groups excluding carboxylic acids is 2. The molecule has 2 heterocycles. The Hall–Kier alpha value is -3.37. The van der Waals surface area contributed by atoms with Crippen molar-refractivity contribution in [3.8, 4) is 6.07 Å². The van der Waals surface area contributed by atoms with Crippen LogP contribution < -0.4 is 5.32 Å². The van der Waals surface area contributed by atoms with Crippen LogP contribution in [0.4, 0.5) is 5.69 Å². The minimum Gasteiger partial charge on any atom is -0.448 e. The first-order valence-electron chi connectivity index (χ1n) is 8.05. The predicted octanol–water partition coefficient (Wildman–Crippen LogP) is 3.35. The normalized spacial score (nSPS) is 11.6. The molecule has 0 aliphatic heterocycles. The number of ether oxygens (including phenoxy) is 1. The SMILES string of the molecule is Cc1cccc2nc(C(=O)O[C@@H](C)C(=O)Nc3ccc(C#N)c(Cl)c3)cn12. The lowest BCUT2D eigenvalue weighted by atomic mass is 10.2. The van der Waals surface area contributed by atoms with Crippen LogP contribution >= 0.6 is 11.6 Å². The highest BCUT2D eigenvalue weighted by Crippen LogP contribution is 2.20. The number of halogens is 1. The average molecular weight is 383 g/mol. The maximum atomic E-state index is 12.3. The van der Waals surface area contributed by atoms with Crippen LogP contribution in [0.1, 0.15) is 28.7 Å². The molecule has 3 aromatic rings. The second kappa shape index (κ2) is 7.48. The van der Waals surface area contributed by atoms with E-state index in [1.807, 2.05) is 25.1 Å². The van der Waals surface area contributed by atoms with E-state index in [4.69, 9.17) is 21.6 Å². The molecule has 0 aliphatic rings. The fourth-order valence-electron chi connectivity index (χ4n) is 2.45. The molecular formula is C19H15ClN4O3. The first kappa shape index (κ1) is 18.4. The van der Waals surface area contributed by atoms with Gasteiger partial charge in [-0.05, 0) is 44.2 Å². The molecule has 0 fully saturated rings. The Morgan fingerprint density at radius 3 is 2.78 bits per heavy atom. The Balaban J connectivity index is 1.68. The summed E-state index contributed by atoms with van der Waals surface area (Å²) in [5.74, 6) is -1.22. The van der Waals surface area contributed by atoms with E-state index in [-0.39, 0.29) is 10.7 Å². The van der Waals surface area contributed by atoms with Crippen molar-refractivity contribution >= 4 is 34.8 Å². The number of carbonyl (C=O) groups is 2. The summed E-state index contributed by atoms with van der Waals surface area (Å²) >= 11 is 5.94. The van der Waals surface area contributed by atoms with Gasteiger partial charge in [-0.3, -0.25) is 4.79 Å². The monoisotopic (exact) mass is 382 g/mol. The van der Waals surface area contributed by atoms with Gasteiger partial charge in [0.1, 0.15) is 11.7 Å². The van der Waals surface area contributed by atoms with Gasteiger partial charge in [0.15, 0.2) is 11.8 Å². The van der Waals surface area contributed by atoms with Crippen molar-refractivity contribution in [2.75, 3.05) is 5.32 Å². The molecule has 0 spiro atoms. The van der Waals surface area contributed by atoms with Crippen molar-refractivity contribution in [2.45, 2.75) is 20.0 Å². The number of hydrogen-bond donors (Lipinski definition) is 1. The van der Waals surface area contributed by atoms with Crippen LogP contribution in [0.3, 0.4) is 0 Å². The van der Waals surface area contributed by atoms with Crippen LogP contribution in [0.15, 0.2) is 42.6 Å². The van der Waals surface area contributed by atoms with E-state index in [0.29, 0.717) is 16.9 Å². The molecule has 136 valence electrons. The number of aryl methyl sites for hydroxylation is 1. The van der Waals surface area contributed by atoms with Crippen molar-refractivity contribution in [3.63, 3.8) is 0 Å². The summed E-state index contributed by atoms with van der Waals surface area (Å²) < 4.78 is 6.97. The van der Waals surface area contributed by atoms with Crippen LogP contribution in [0, 0.1) is 18.3 Å². The Morgan fingerprint density at radius 2 is 2.11 bits per heavy atom. The predicted molar refractivity (Wildman–Crippen MR) is 99.6 cm³/mol. The van der Waals surface area contributed by atoms with Crippen LogP contribution in [-0.2, 0) is 9.53 Å². The zero-order valence-electron chi connectivity index (χ0n) is 14.6. The number of nitrogens with one attached hydrogen (secondary N) is 1. The number of anilines is 1. The second-order valence-electron chi connectivity index (χ2n) is 5.86. The summed E-state index contributed by atoms with van der Waals surface area (Å²) in [4.78, 5) is 28.8. The lowest BCUT2D eigenvalue weighted by Gasteiger charge is -2.13. The molecule has 0 radical (unpaired) electrons. The van der Waals surface area contributed by atoms with E-state index >= 15 is 0 Å². The molecule has 2 aromatic heterocycles. The zero-order chi connectivity index (χ0) is 19.6. The fourth-order valence-corrected chi connectivity index (χ4v) is 2.67. The Labute approximate surface area is 160 Å². The quantitative estimate of drug-likeness (QED) is 0.698. The van der Waals surface area contributed by atoms with Gasteiger partial charge < -0.3 is 14.5 Å². The van der Waals surface area contributed by atoms with Crippen molar-refractivity contribution < 1.29 is 14.3 Å². The maximum absolute atomic E-state index is 12.3. The molecule has 3 rings (SSSR count). The van der Waals surface area contributed by atoms with Crippen molar-refractivity contribution in [2.24, 2.45) is 0 Å². The first-order chi connectivity index (χ1) is 12.9. The zero-order valence-corrected chi connectivity index (χ0v) is 15.3. The minimum atomic E-state index is -1.04. The highest BCUT2D eigenvalue weighted by atomic mass is 35.5. The van der Waals surface area contributed by atoms with Gasteiger partial charge in [-0.25, -0.2) is 9.78 Å². The Bertz CT molecular complexity index is 1080. The lowest BCUT2D eigenvalue weighted by Crippen LogP contribution is -2.30. The van der Waals surface area contributed by atoms with Gasteiger partial charge in [-0.1, -0.05) is 17.7 Å². The average Bonchev–Trinajstić information content (AvgIpc) is 3.07. The first-order valence-corrected chi connectivity index (χ1v) is 8.43. The number of fused-ring (bicyclic) bond motifs is 1. The van der Waals surface area contributed by atoms with E-state index in [2.05, 4.69) is 10.3 Å². The summed E-state index contributed by atoms with van der Waals surface area (Å²) in [5.41, 5.74) is 2.35. The molecule has 0 unspecified atom stereocenters. The minimum absolute atomic E-state index is 0.116. The molecule has 1 amide bonds. The van der Waals surface area contributed by atoms with Gasteiger partial charge in [0.05, 0.1) is 10.6 Å². The number of nitrogens with zero attached hydrogens (tertiary/aromatic N) is 3. The third kappa shape index (κ3) is 3.91. The number of benzene rings is 1. The number of rotatable bonds is 4. The van der Waals surface area contributed by atoms with E-state index in [1.54, 1.807) is 22.7 Å². The third-order valence-electron chi connectivity index (χ3n) is 3.92. The van der Waals surface area contributed by atoms with Crippen LogP contribution in [0.2, 0.25) is 5.02 Å². The van der Waals surface area contributed by atoms with Crippen LogP contribution in [-0.4, -0.2) is 27.4 Å². The van der Waals surface area contributed by atoms with E-state index in [0.717, 1.165) is 5.69 Å². The number of nitriles is 1. The largest absolute Gasteiger partial charge is 0.448 e. The highest BCUT2D eigenvalue weighted by molar-refractivity contribution is 6.32. The lowest BCUT2D eigenvalue weighted by molar-refractivity contribution is -0.123. The molecule has 0 bridgehead atoms. The molecule has 7 nitrogen and oxygen atoms in total. The molecule has 27 heavy (non-hydrogen) atoms. The van der Waals surface area contributed by atoms with Crippen molar-refractivity contribution in [3.05, 3.63) is 64.6 Å². The molecule has 0 aliphatic carbocycles. The van der Waals surface area contributed by atoms with E-state index in [9.17, 15) is 9.59 Å². The maximum Gasteiger partial charge on any atom is 0.359 e. The van der Waals surface area contributed by atoms with Crippen LogP contribution in [0.5, 0.6) is 0 Å². The van der Waals surface area contributed by atoms with Gasteiger partial charge in [-0.15, -0.1) is 0 Å². The van der Waals surface area contributed by atoms with Gasteiger partial charge in [-0.2, -0.15) is 5.26 Å². The number of hydrogen-bond acceptors (Lipinski definition) is 5. The summed E-state index contributed by atoms with van der Waals surface area (Å²) in [7, 11) is 0. The number of imidazole rings is 1. The molecule has 1 atom stereocenters. The molecule has 1 N–H and O–H groups in total. The standard InChI is InChI=1S/C19H15ClN4O3/c1-11-4-3-5-17-23-16(10-24(11)17)19(26)27-12(2)18(25)22-14-7-6-13(9-21)15(20)8-14/h3-8,10,12H,1-2H3,(H,22,25)/t12-/m0/s1. The summed E-state index contributed by atoms with van der Waals surface area (Å²) in [6, 6.07) is 11.9. The molecular weight excluding hydrogens is 368 g/mol. The highest BCUT2D eigenvalue weighted by Gasteiger charge is 2.21. The summed E-state index contributed by atoms with van der Waals surface area (Å²) in [6.45, 7) is 3.35. The summed E-state index contributed by atoms with van der Waals surface area (Å²) in [6.07, 6.45) is 0.524. The molecule has 0 saturated carbocycles. The van der Waals surface area contributed by atoms with E-state index < -0.39 is 18.0 Å². The van der Waals surface area contributed by atoms with Gasteiger partial charge in [0.2, 0.25) is 0 Å². The van der Waals surface area contributed by atoms with E-state index in [1.165, 1.54) is 19.1 Å². The topological polar surface area (TPSA) is 96.5 Å². The van der Waals surface area contributed by atoms with Gasteiger partial charge >= 0.3 is 5.97 Å². The smallest absolute Gasteiger partial charge is 0.359 e. The number of esters is 1. The van der Waals surface area contributed by atoms with Crippen molar-refractivity contribution in [1.29, 1.82) is 5.26 Å². The third-order valence-corrected chi connectivity index (χ3v) is 4.23. The fraction of sp³-hybridized carbons (Fsp3) is 0.158. The van der Waals surface area contributed by atoms with Crippen LogP contribution in [0.25, 0.3) is 5.65 Å². The van der Waals surface area contributed by atoms with Gasteiger partial charge in [0.25, 0.3) is 5.91 Å². The number of pyridine rings is 1. The molecule has 1 aromatic carbocycles. The van der Waals surface area contributed by atoms with Gasteiger partial charge in [0, 0.05) is 17.6 Å². The summed E-state index contributed by atoms with van der Waals surface area (Å²) in [5, 5.41) is 11.7. The second-order valence-corrected chi connectivity index (χ2v) is 6.27. The Kier molecular flexibility index (Phi) is 5.10.